The molecule has 4 N–H and O–H groups in total. The number of ether oxygens (including phenoxy) is 1. The van der Waals surface area contributed by atoms with Gasteiger partial charge < -0.3 is 15.4 Å². The molecule has 0 spiro atoms. The molecule has 0 aromatic heterocycles. The van der Waals surface area contributed by atoms with Crippen molar-refractivity contribution in [1.82, 2.24) is 16.1 Å². The van der Waals surface area contributed by atoms with Gasteiger partial charge in [-0.05, 0) is 49.3 Å². The van der Waals surface area contributed by atoms with Crippen LogP contribution in [-0.2, 0) is 20.8 Å². The molecule has 30 heavy (non-hydrogen) atoms. The highest BCUT2D eigenvalue weighted by Gasteiger charge is 2.35. The molecule has 2 aliphatic rings. The smallest absolute Gasteiger partial charge is 0.247 e. The summed E-state index contributed by atoms with van der Waals surface area (Å²) in [6.45, 7) is 4.44. The second kappa shape index (κ2) is 11.5. The summed E-state index contributed by atoms with van der Waals surface area (Å²) in [5.41, 5.74) is 2.60. The molecule has 8 heteroatoms. The number of fused-ring (bicyclic) bond motifs is 12. The standard InChI is InChI=1S/C22H33N3O5/c1-14(2)12-18-17(21(27)25-29)6-4-5-11-30-16-9-7-15(8-10-16)13-19(22(28)23-3)24-20(18)26/h7-10,14,17-19,29H,4-6,11-13H2,1-3H3,(H,23,28)(H,24,26)(H,25,27)/t17?,18-,19+/m1/s1. The number of hydrogen-bond donors (Lipinski definition) is 4. The third kappa shape index (κ3) is 6.73. The maximum atomic E-state index is 13.2. The zero-order valence-electron chi connectivity index (χ0n) is 17.9. The number of nitrogens with one attached hydrogen (secondary N) is 3. The topological polar surface area (TPSA) is 117 Å². The summed E-state index contributed by atoms with van der Waals surface area (Å²) in [7, 11) is 1.52. The van der Waals surface area contributed by atoms with Crippen LogP contribution in [-0.4, -0.2) is 42.6 Å². The predicted octanol–water partition coefficient (Wildman–Crippen LogP) is 1.81. The van der Waals surface area contributed by atoms with Crippen LogP contribution in [0.3, 0.4) is 0 Å². The van der Waals surface area contributed by atoms with E-state index < -0.39 is 23.8 Å². The Hall–Kier alpha value is -2.61. The zero-order chi connectivity index (χ0) is 22.1. The van der Waals surface area contributed by atoms with Gasteiger partial charge in [0, 0.05) is 19.4 Å². The van der Waals surface area contributed by atoms with Crippen molar-refractivity contribution in [3.05, 3.63) is 29.8 Å². The quantitative estimate of drug-likeness (QED) is 0.439. The molecule has 1 aromatic rings. The van der Waals surface area contributed by atoms with Gasteiger partial charge in [-0.2, -0.15) is 0 Å². The van der Waals surface area contributed by atoms with Crippen molar-refractivity contribution < 1.29 is 24.3 Å². The van der Waals surface area contributed by atoms with Crippen LogP contribution in [0.25, 0.3) is 0 Å². The monoisotopic (exact) mass is 419 g/mol. The Morgan fingerprint density at radius 2 is 1.90 bits per heavy atom. The van der Waals surface area contributed by atoms with Crippen molar-refractivity contribution in [1.29, 1.82) is 0 Å². The molecule has 1 unspecified atom stereocenters. The predicted molar refractivity (Wildman–Crippen MR) is 112 cm³/mol. The fourth-order valence-corrected chi connectivity index (χ4v) is 3.84. The first-order chi connectivity index (χ1) is 14.3. The molecule has 3 amide bonds. The Kier molecular flexibility index (Phi) is 9.11. The Morgan fingerprint density at radius 3 is 2.50 bits per heavy atom. The van der Waals surface area contributed by atoms with Crippen molar-refractivity contribution in [3.63, 3.8) is 0 Å². The van der Waals surface area contributed by atoms with Gasteiger partial charge in [0.25, 0.3) is 0 Å². The van der Waals surface area contributed by atoms with E-state index in [-0.39, 0.29) is 17.7 Å². The van der Waals surface area contributed by atoms with Crippen molar-refractivity contribution in [2.75, 3.05) is 13.7 Å². The zero-order valence-corrected chi connectivity index (χ0v) is 17.9. The lowest BCUT2D eigenvalue weighted by atomic mass is 9.81. The summed E-state index contributed by atoms with van der Waals surface area (Å²) in [5, 5.41) is 14.7. The minimum atomic E-state index is -0.771. The number of hydroxylamine groups is 1. The molecule has 0 saturated heterocycles. The van der Waals surface area contributed by atoms with E-state index in [9.17, 15) is 19.6 Å². The van der Waals surface area contributed by atoms with Crippen LogP contribution in [0.15, 0.2) is 24.3 Å². The third-order valence-corrected chi connectivity index (χ3v) is 5.42. The van der Waals surface area contributed by atoms with E-state index >= 15 is 0 Å². The molecular formula is C22H33N3O5. The van der Waals surface area contributed by atoms with E-state index in [0.29, 0.717) is 38.7 Å². The lowest BCUT2D eigenvalue weighted by Gasteiger charge is -2.28. The Labute approximate surface area is 177 Å². The van der Waals surface area contributed by atoms with Gasteiger partial charge >= 0.3 is 0 Å². The molecule has 0 aliphatic carbocycles. The summed E-state index contributed by atoms with van der Waals surface area (Å²) >= 11 is 0. The van der Waals surface area contributed by atoms with Crippen LogP contribution in [0.1, 0.15) is 45.1 Å². The Morgan fingerprint density at radius 1 is 1.20 bits per heavy atom. The SMILES string of the molecule is CNC(=O)[C@@H]1Cc2ccc(cc2)OCCCCC(C(=O)NO)[C@@H](CC(C)C)C(=O)N1. The minimum Gasteiger partial charge on any atom is -0.494 e. The van der Waals surface area contributed by atoms with Gasteiger partial charge in [0.05, 0.1) is 12.5 Å². The average Bonchev–Trinajstić information content (AvgIpc) is 2.74. The van der Waals surface area contributed by atoms with Crippen molar-refractivity contribution in [2.45, 2.75) is 52.0 Å². The highest BCUT2D eigenvalue weighted by atomic mass is 16.5. The van der Waals surface area contributed by atoms with Gasteiger partial charge in [0.1, 0.15) is 11.8 Å². The largest absolute Gasteiger partial charge is 0.494 e. The van der Waals surface area contributed by atoms with Crippen molar-refractivity contribution >= 4 is 17.7 Å². The van der Waals surface area contributed by atoms with Crippen LogP contribution in [0.5, 0.6) is 5.75 Å². The molecule has 8 nitrogen and oxygen atoms in total. The summed E-state index contributed by atoms with van der Waals surface area (Å²) in [6.07, 6.45) is 2.60. The molecular weight excluding hydrogens is 386 g/mol. The number of carbonyl (C=O) groups excluding carboxylic acids is 3. The van der Waals surface area contributed by atoms with Crippen LogP contribution >= 0.6 is 0 Å². The maximum absolute atomic E-state index is 13.2. The van der Waals surface area contributed by atoms with Crippen LogP contribution in [0, 0.1) is 17.8 Å². The first-order valence-electron chi connectivity index (χ1n) is 10.5. The van der Waals surface area contributed by atoms with E-state index in [1.807, 2.05) is 38.1 Å². The normalized spacial score (nSPS) is 23.0. The van der Waals surface area contributed by atoms with Gasteiger partial charge in [-0.15, -0.1) is 0 Å². The van der Waals surface area contributed by atoms with Crippen LogP contribution < -0.4 is 20.9 Å². The number of likely N-dealkylation sites (N-methyl/N-ethyl adjacent to an activating group) is 1. The number of benzene rings is 1. The molecule has 3 atom stereocenters. The maximum Gasteiger partial charge on any atom is 0.247 e. The van der Waals surface area contributed by atoms with Crippen molar-refractivity contribution in [3.8, 4) is 5.75 Å². The van der Waals surface area contributed by atoms with Gasteiger partial charge in [-0.1, -0.05) is 26.0 Å². The van der Waals surface area contributed by atoms with E-state index in [1.165, 1.54) is 7.05 Å². The first kappa shape index (κ1) is 23.7. The van der Waals surface area contributed by atoms with Gasteiger partial charge in [0.2, 0.25) is 17.7 Å². The van der Waals surface area contributed by atoms with Gasteiger partial charge in [-0.3, -0.25) is 19.6 Å². The molecule has 1 aromatic carbocycles. The second-order valence-electron chi connectivity index (χ2n) is 8.19. The van der Waals surface area contributed by atoms with E-state index in [2.05, 4.69) is 10.6 Å². The molecule has 2 bridgehead atoms. The first-order valence-corrected chi connectivity index (χ1v) is 10.5. The van der Waals surface area contributed by atoms with E-state index in [0.717, 1.165) is 11.3 Å². The van der Waals surface area contributed by atoms with E-state index in [4.69, 9.17) is 4.74 Å². The minimum absolute atomic E-state index is 0.158. The van der Waals surface area contributed by atoms with Gasteiger partial charge in [-0.25, -0.2) is 5.48 Å². The molecule has 2 aliphatic heterocycles. The molecule has 2 heterocycles. The Balaban J connectivity index is 2.36. The molecule has 0 saturated carbocycles. The van der Waals surface area contributed by atoms with Gasteiger partial charge in [0.15, 0.2) is 0 Å². The highest BCUT2D eigenvalue weighted by molar-refractivity contribution is 5.91. The average molecular weight is 420 g/mol. The summed E-state index contributed by atoms with van der Waals surface area (Å²) in [4.78, 5) is 38.1. The molecule has 166 valence electrons. The van der Waals surface area contributed by atoms with Crippen molar-refractivity contribution in [2.24, 2.45) is 17.8 Å². The molecule has 0 radical (unpaired) electrons. The fraction of sp³-hybridized carbons (Fsp3) is 0.591. The molecule has 3 rings (SSSR count). The van der Waals surface area contributed by atoms with Crippen LogP contribution in [0.4, 0.5) is 0 Å². The second-order valence-corrected chi connectivity index (χ2v) is 8.19. The summed E-state index contributed by atoms with van der Waals surface area (Å²) in [6, 6.07) is 6.68. The summed E-state index contributed by atoms with van der Waals surface area (Å²) in [5.74, 6) is -1.70. The highest BCUT2D eigenvalue weighted by Crippen LogP contribution is 2.27. The fourth-order valence-electron chi connectivity index (χ4n) is 3.84. The van der Waals surface area contributed by atoms with Crippen LogP contribution in [0.2, 0.25) is 0 Å². The lowest BCUT2D eigenvalue weighted by molar-refractivity contribution is -0.142. The number of hydrogen-bond acceptors (Lipinski definition) is 5. The number of amides is 3. The van der Waals surface area contributed by atoms with E-state index in [1.54, 1.807) is 5.48 Å². The lowest BCUT2D eigenvalue weighted by Crippen LogP contribution is -2.51. The Bertz CT molecular complexity index is 720. The number of rotatable bonds is 4. The summed E-state index contributed by atoms with van der Waals surface area (Å²) < 4.78 is 5.75. The molecule has 0 fully saturated rings. The number of carbonyl (C=O) groups is 3. The third-order valence-electron chi connectivity index (χ3n) is 5.42.